The predicted octanol–water partition coefficient (Wildman–Crippen LogP) is 1.76. The monoisotopic (exact) mass is 288 g/mol. The fraction of sp³-hybridized carbons (Fsp3) is 0.588. The molecular weight excluding hydrogens is 264 g/mol. The quantitative estimate of drug-likeness (QED) is 0.791. The van der Waals surface area contributed by atoms with Crippen molar-refractivity contribution in [3.05, 3.63) is 35.9 Å². The lowest BCUT2D eigenvalue weighted by atomic mass is 9.85. The van der Waals surface area contributed by atoms with Crippen molar-refractivity contribution in [1.82, 2.24) is 10.6 Å². The summed E-state index contributed by atoms with van der Waals surface area (Å²) in [6.45, 7) is -0.0741. The lowest BCUT2D eigenvalue weighted by molar-refractivity contribution is -0.124. The van der Waals surface area contributed by atoms with E-state index in [1.165, 1.54) is 25.7 Å². The molecule has 2 fully saturated rings. The number of hydrogen-bond donors (Lipinski definition) is 3. The van der Waals surface area contributed by atoms with Crippen LogP contribution in [-0.4, -0.2) is 29.7 Å². The van der Waals surface area contributed by atoms with E-state index < -0.39 is 0 Å². The molecule has 3 unspecified atom stereocenters. The van der Waals surface area contributed by atoms with Crippen molar-refractivity contribution < 1.29 is 9.90 Å². The fourth-order valence-electron chi connectivity index (χ4n) is 3.71. The highest BCUT2D eigenvalue weighted by Crippen LogP contribution is 2.33. The second-order valence-corrected chi connectivity index (χ2v) is 6.26. The number of nitrogens with one attached hydrogen (secondary N) is 2. The number of benzene rings is 1. The Morgan fingerprint density at radius 2 is 2.05 bits per heavy atom. The van der Waals surface area contributed by atoms with E-state index in [0.717, 1.165) is 12.0 Å². The molecule has 4 nitrogen and oxygen atoms in total. The lowest BCUT2D eigenvalue weighted by Gasteiger charge is -2.24. The summed E-state index contributed by atoms with van der Waals surface area (Å²) >= 11 is 0. The third-order valence-electron chi connectivity index (χ3n) is 4.88. The van der Waals surface area contributed by atoms with Crippen LogP contribution < -0.4 is 10.6 Å². The zero-order chi connectivity index (χ0) is 14.7. The van der Waals surface area contributed by atoms with Crippen LogP contribution >= 0.6 is 0 Å². The maximum atomic E-state index is 12.4. The van der Waals surface area contributed by atoms with Gasteiger partial charge in [0.15, 0.2) is 0 Å². The van der Waals surface area contributed by atoms with Crippen LogP contribution in [0.3, 0.4) is 0 Å². The van der Waals surface area contributed by atoms with Gasteiger partial charge in [0.25, 0.3) is 0 Å². The second-order valence-electron chi connectivity index (χ2n) is 6.26. The van der Waals surface area contributed by atoms with E-state index in [9.17, 15) is 9.90 Å². The highest BCUT2D eigenvalue weighted by atomic mass is 16.3. The highest BCUT2D eigenvalue weighted by molar-refractivity contribution is 5.82. The van der Waals surface area contributed by atoms with Crippen molar-refractivity contribution in [1.29, 1.82) is 0 Å². The molecule has 2 aliphatic rings. The van der Waals surface area contributed by atoms with Crippen LogP contribution in [0, 0.1) is 5.92 Å². The number of amides is 1. The molecule has 1 saturated carbocycles. The number of carbonyl (C=O) groups is 1. The number of hydrogen-bond acceptors (Lipinski definition) is 3. The number of fused-ring (bicyclic) bond motifs is 1. The van der Waals surface area contributed by atoms with E-state index in [2.05, 4.69) is 10.6 Å². The van der Waals surface area contributed by atoms with Crippen molar-refractivity contribution >= 4 is 5.91 Å². The molecule has 3 N–H and O–H groups in total. The third kappa shape index (κ3) is 3.27. The van der Waals surface area contributed by atoms with Gasteiger partial charge in [-0.15, -0.1) is 0 Å². The van der Waals surface area contributed by atoms with Crippen LogP contribution in [0.5, 0.6) is 0 Å². The Hall–Kier alpha value is -1.39. The summed E-state index contributed by atoms with van der Waals surface area (Å²) in [4.78, 5) is 12.4. The molecule has 0 radical (unpaired) electrons. The second kappa shape index (κ2) is 6.58. The first kappa shape index (κ1) is 14.5. The summed E-state index contributed by atoms with van der Waals surface area (Å²) in [5, 5.41) is 16.0. The first-order valence-corrected chi connectivity index (χ1v) is 8.00. The fourth-order valence-corrected chi connectivity index (χ4v) is 3.71. The van der Waals surface area contributed by atoms with Crippen molar-refractivity contribution in [2.75, 3.05) is 6.61 Å². The first-order chi connectivity index (χ1) is 10.3. The number of rotatable bonds is 4. The molecule has 0 aromatic heterocycles. The Bertz CT molecular complexity index is 463. The van der Waals surface area contributed by atoms with Gasteiger partial charge in [-0.2, -0.15) is 0 Å². The molecule has 0 bridgehead atoms. The lowest BCUT2D eigenvalue weighted by Crippen LogP contribution is -2.45. The molecule has 1 aromatic rings. The van der Waals surface area contributed by atoms with E-state index in [1.54, 1.807) is 0 Å². The van der Waals surface area contributed by atoms with Crippen LogP contribution in [-0.2, 0) is 4.79 Å². The van der Waals surface area contributed by atoms with E-state index in [1.807, 2.05) is 30.3 Å². The molecule has 1 aromatic carbocycles. The first-order valence-electron chi connectivity index (χ1n) is 8.00. The van der Waals surface area contributed by atoms with Crippen molar-refractivity contribution in [2.24, 2.45) is 5.92 Å². The van der Waals surface area contributed by atoms with Crippen molar-refractivity contribution in [3.63, 3.8) is 0 Å². The van der Waals surface area contributed by atoms with Gasteiger partial charge in [0.05, 0.1) is 18.7 Å². The van der Waals surface area contributed by atoms with Crippen molar-refractivity contribution in [3.8, 4) is 0 Å². The van der Waals surface area contributed by atoms with Crippen molar-refractivity contribution in [2.45, 2.75) is 50.2 Å². The molecule has 21 heavy (non-hydrogen) atoms. The van der Waals surface area contributed by atoms with Gasteiger partial charge in [-0.1, -0.05) is 43.2 Å². The smallest absolute Gasteiger partial charge is 0.237 e. The zero-order valence-corrected chi connectivity index (χ0v) is 12.3. The number of aliphatic hydroxyl groups excluding tert-OH is 1. The van der Waals surface area contributed by atoms with E-state index >= 15 is 0 Å². The molecule has 1 saturated heterocycles. The summed E-state index contributed by atoms with van der Waals surface area (Å²) < 4.78 is 0. The minimum absolute atomic E-state index is 0.0207. The topological polar surface area (TPSA) is 61.4 Å². The molecule has 4 heteroatoms. The van der Waals surface area contributed by atoms with Crippen LogP contribution in [0.25, 0.3) is 0 Å². The summed E-state index contributed by atoms with van der Waals surface area (Å²) in [6, 6.07) is 9.74. The van der Waals surface area contributed by atoms with Crippen LogP contribution in [0.15, 0.2) is 30.3 Å². The molecular formula is C17H24N2O2. The van der Waals surface area contributed by atoms with Crippen LogP contribution in [0.1, 0.15) is 43.7 Å². The number of aliphatic hydroxyl groups is 1. The maximum absolute atomic E-state index is 12.4. The third-order valence-corrected chi connectivity index (χ3v) is 4.88. The maximum Gasteiger partial charge on any atom is 0.237 e. The Morgan fingerprint density at radius 3 is 2.76 bits per heavy atom. The Kier molecular flexibility index (Phi) is 4.56. The van der Waals surface area contributed by atoms with Gasteiger partial charge in [0, 0.05) is 6.04 Å². The average Bonchev–Trinajstić information content (AvgIpc) is 2.97. The molecule has 1 heterocycles. The Labute approximate surface area is 125 Å². The highest BCUT2D eigenvalue weighted by Gasteiger charge is 2.38. The van der Waals surface area contributed by atoms with E-state index in [-0.39, 0.29) is 24.6 Å². The molecule has 114 valence electrons. The van der Waals surface area contributed by atoms with Gasteiger partial charge in [0.2, 0.25) is 5.91 Å². The molecule has 1 aliphatic carbocycles. The largest absolute Gasteiger partial charge is 0.394 e. The predicted molar refractivity (Wildman–Crippen MR) is 81.7 cm³/mol. The summed E-state index contributed by atoms with van der Waals surface area (Å²) in [5.41, 5.74) is 0.948. The molecule has 4 atom stereocenters. The van der Waals surface area contributed by atoms with Gasteiger partial charge in [0.1, 0.15) is 0 Å². The van der Waals surface area contributed by atoms with Gasteiger partial charge < -0.3 is 15.7 Å². The molecule has 0 spiro atoms. The summed E-state index contributed by atoms with van der Waals surface area (Å²) in [5.74, 6) is 0.672. The average molecular weight is 288 g/mol. The SMILES string of the molecule is O=C(N[C@H](CO)c1ccccc1)C1CC2CCCCC2N1. The molecule has 1 aliphatic heterocycles. The van der Waals surface area contributed by atoms with Gasteiger partial charge in [-0.25, -0.2) is 0 Å². The standard InChI is InChI=1S/C17H24N2O2/c20-11-16(12-6-2-1-3-7-12)19-17(21)15-10-13-8-4-5-9-14(13)18-15/h1-3,6-7,13-16,18,20H,4-5,8-11H2,(H,19,21)/t13?,14?,15?,16-/m1/s1. The van der Waals surface area contributed by atoms with Gasteiger partial charge in [-0.3, -0.25) is 4.79 Å². The van der Waals surface area contributed by atoms with E-state index in [4.69, 9.17) is 0 Å². The minimum Gasteiger partial charge on any atom is -0.394 e. The van der Waals surface area contributed by atoms with E-state index in [0.29, 0.717) is 12.0 Å². The van der Waals surface area contributed by atoms with Crippen LogP contribution in [0.4, 0.5) is 0 Å². The summed E-state index contributed by atoms with van der Waals surface area (Å²) in [6.07, 6.45) is 5.93. The summed E-state index contributed by atoms with van der Waals surface area (Å²) in [7, 11) is 0. The number of carbonyl (C=O) groups excluding carboxylic acids is 1. The molecule has 3 rings (SSSR count). The minimum atomic E-state index is -0.317. The van der Waals surface area contributed by atoms with Crippen LogP contribution in [0.2, 0.25) is 0 Å². The zero-order valence-electron chi connectivity index (χ0n) is 12.3. The Balaban J connectivity index is 1.60. The normalized spacial score (nSPS) is 29.7. The Morgan fingerprint density at radius 1 is 1.29 bits per heavy atom. The van der Waals surface area contributed by atoms with Gasteiger partial charge in [-0.05, 0) is 30.7 Å². The van der Waals surface area contributed by atoms with Gasteiger partial charge >= 0.3 is 0 Å². The molecule has 1 amide bonds.